The fourth-order valence-electron chi connectivity index (χ4n) is 9.19. The number of aliphatic hydroxyl groups excluding tert-OH is 1. The van der Waals surface area contributed by atoms with E-state index in [1.807, 2.05) is 0 Å². The molecule has 0 aromatic heterocycles. The van der Waals surface area contributed by atoms with E-state index in [1.54, 1.807) is 0 Å². The van der Waals surface area contributed by atoms with Crippen molar-refractivity contribution in [1.29, 1.82) is 0 Å². The van der Waals surface area contributed by atoms with Gasteiger partial charge in [0.15, 0.2) is 0 Å². The maximum atomic E-state index is 11.8. The summed E-state index contributed by atoms with van der Waals surface area (Å²) >= 11 is 0. The van der Waals surface area contributed by atoms with Crippen LogP contribution in [0.5, 0.6) is 0 Å². The quantitative estimate of drug-likeness (QED) is 0.366. The molecule has 0 aromatic rings. The smallest absolute Gasteiger partial charge is 0.114 e. The Labute approximate surface area is 189 Å². The summed E-state index contributed by atoms with van der Waals surface area (Å²) in [6.45, 7) is 11.9. The van der Waals surface area contributed by atoms with Gasteiger partial charge in [-0.2, -0.15) is 0 Å². The second-order valence-corrected chi connectivity index (χ2v) is 12.8. The number of fused-ring (bicyclic) bond motifs is 5. The first kappa shape index (κ1) is 23.5. The second kappa shape index (κ2) is 8.31. The minimum absolute atomic E-state index is 0.293. The van der Waals surface area contributed by atoms with Crippen molar-refractivity contribution in [2.75, 3.05) is 0 Å². The van der Waals surface area contributed by atoms with Gasteiger partial charge in [-0.3, -0.25) is 0 Å². The zero-order valence-corrected chi connectivity index (χ0v) is 20.6. The second-order valence-electron chi connectivity index (χ2n) is 12.8. The third kappa shape index (κ3) is 3.59. The first-order valence-electron chi connectivity index (χ1n) is 13.2. The molecule has 0 bridgehead atoms. The van der Waals surface area contributed by atoms with E-state index >= 15 is 0 Å². The molecule has 4 heteroatoms. The van der Waals surface area contributed by atoms with Crippen LogP contribution in [-0.2, 0) is 0 Å². The summed E-state index contributed by atoms with van der Waals surface area (Å²) in [7, 11) is 0. The zero-order chi connectivity index (χ0) is 22.6. The fourth-order valence-corrected chi connectivity index (χ4v) is 9.19. The summed E-state index contributed by atoms with van der Waals surface area (Å²) in [4.78, 5) is 0. The van der Waals surface area contributed by atoms with E-state index in [0.29, 0.717) is 41.7 Å². The van der Waals surface area contributed by atoms with E-state index in [-0.39, 0.29) is 5.41 Å². The lowest BCUT2D eigenvalue weighted by Crippen LogP contribution is -2.67. The monoisotopic (exact) mass is 433 g/mol. The normalized spacial score (nSPS) is 49.5. The van der Waals surface area contributed by atoms with Crippen LogP contribution >= 0.6 is 0 Å². The Morgan fingerprint density at radius 2 is 1.74 bits per heavy atom. The van der Waals surface area contributed by atoms with Gasteiger partial charge in [0, 0.05) is 11.8 Å². The maximum Gasteiger partial charge on any atom is 0.114 e. The predicted octanol–water partition coefficient (Wildman–Crippen LogP) is 6.02. The number of rotatable bonds is 5. The van der Waals surface area contributed by atoms with Gasteiger partial charge < -0.3 is 15.4 Å². The van der Waals surface area contributed by atoms with Crippen molar-refractivity contribution in [1.82, 2.24) is 0 Å². The van der Waals surface area contributed by atoms with Crippen molar-refractivity contribution in [3.05, 3.63) is 0 Å². The van der Waals surface area contributed by atoms with Crippen molar-refractivity contribution >= 4 is 5.71 Å². The maximum absolute atomic E-state index is 11.8. The molecule has 0 radical (unpaired) electrons. The SMILES string of the molecule is CC(C)CCC[C@@H](C)[C@H]1CC[C@H]2[C@@H]3C/C(=N\O)[C@]4(O)C[C@@H](O)CC[C@]4(C)[C@H]3CC[C@]12C. The summed E-state index contributed by atoms with van der Waals surface area (Å²) < 4.78 is 0. The van der Waals surface area contributed by atoms with Crippen LogP contribution in [0.3, 0.4) is 0 Å². The van der Waals surface area contributed by atoms with Gasteiger partial charge in [-0.15, -0.1) is 0 Å². The molecule has 0 unspecified atom stereocenters. The average molecular weight is 434 g/mol. The van der Waals surface area contributed by atoms with Crippen LogP contribution in [-0.4, -0.2) is 32.8 Å². The largest absolute Gasteiger partial charge is 0.411 e. The number of oxime groups is 1. The third-order valence-corrected chi connectivity index (χ3v) is 11.0. The molecular weight excluding hydrogens is 386 g/mol. The number of hydrogen-bond donors (Lipinski definition) is 3. The minimum atomic E-state index is -1.16. The van der Waals surface area contributed by atoms with E-state index in [9.17, 15) is 15.4 Å². The van der Waals surface area contributed by atoms with E-state index in [1.165, 1.54) is 44.9 Å². The van der Waals surface area contributed by atoms with Gasteiger partial charge >= 0.3 is 0 Å². The molecule has 0 amide bonds. The fraction of sp³-hybridized carbons (Fsp3) is 0.963. The van der Waals surface area contributed by atoms with Crippen LogP contribution in [0.15, 0.2) is 5.16 Å². The van der Waals surface area contributed by atoms with Gasteiger partial charge in [0.05, 0.1) is 11.8 Å². The number of aliphatic hydroxyl groups is 2. The van der Waals surface area contributed by atoms with Crippen molar-refractivity contribution in [3.8, 4) is 0 Å². The van der Waals surface area contributed by atoms with E-state index in [2.05, 4.69) is 39.8 Å². The average Bonchev–Trinajstić information content (AvgIpc) is 3.05. The van der Waals surface area contributed by atoms with Gasteiger partial charge in [-0.25, -0.2) is 0 Å². The van der Waals surface area contributed by atoms with Crippen molar-refractivity contribution in [2.45, 2.75) is 117 Å². The van der Waals surface area contributed by atoms with Crippen LogP contribution < -0.4 is 0 Å². The molecule has 4 nitrogen and oxygen atoms in total. The topological polar surface area (TPSA) is 73.1 Å². The van der Waals surface area contributed by atoms with Crippen molar-refractivity contribution < 1.29 is 15.4 Å². The van der Waals surface area contributed by atoms with Crippen LogP contribution in [0, 0.1) is 46.3 Å². The molecule has 4 aliphatic carbocycles. The Balaban J connectivity index is 1.57. The molecule has 4 rings (SSSR count). The molecule has 0 aliphatic heterocycles. The lowest BCUT2D eigenvalue weighted by atomic mass is 9.42. The number of nitrogens with zero attached hydrogens (tertiary/aromatic N) is 1. The summed E-state index contributed by atoms with van der Waals surface area (Å²) in [6.07, 6.45) is 11.2. The van der Waals surface area contributed by atoms with Gasteiger partial charge in [0.25, 0.3) is 0 Å². The Morgan fingerprint density at radius 1 is 1.00 bits per heavy atom. The van der Waals surface area contributed by atoms with E-state index in [0.717, 1.165) is 30.6 Å². The molecular formula is C27H47NO3. The number of hydrogen-bond acceptors (Lipinski definition) is 4. The first-order valence-corrected chi connectivity index (χ1v) is 13.2. The summed E-state index contributed by atoms with van der Waals surface area (Å²) in [5.41, 5.74) is -0.526. The molecule has 3 N–H and O–H groups in total. The van der Waals surface area contributed by atoms with E-state index < -0.39 is 11.7 Å². The zero-order valence-electron chi connectivity index (χ0n) is 20.6. The van der Waals surface area contributed by atoms with Crippen LogP contribution in [0.2, 0.25) is 0 Å². The van der Waals surface area contributed by atoms with Crippen LogP contribution in [0.4, 0.5) is 0 Å². The van der Waals surface area contributed by atoms with Crippen molar-refractivity contribution in [2.24, 2.45) is 51.5 Å². The standard InChI is InChI=1S/C27H47NO3/c1-17(2)7-6-8-18(3)21-9-10-22-20-15-24(28-31)27(30)16-19(29)11-14-26(27,5)23(20)12-13-25(21,22)4/h17-23,29-31H,6-16H2,1-5H3/b28-24+/t18-,19+,20+,21-,22+,23+,25-,26-,27-/m1/s1. The highest BCUT2D eigenvalue weighted by Crippen LogP contribution is 2.68. The molecule has 0 aromatic carbocycles. The Bertz CT molecular complexity index is 692. The Kier molecular flexibility index (Phi) is 6.31. The first-order chi connectivity index (χ1) is 14.6. The van der Waals surface area contributed by atoms with Gasteiger partial charge in [-0.1, -0.05) is 59.0 Å². The van der Waals surface area contributed by atoms with E-state index in [4.69, 9.17) is 0 Å². The highest BCUT2D eigenvalue weighted by molar-refractivity contribution is 5.94. The van der Waals surface area contributed by atoms with Gasteiger partial charge in [0.2, 0.25) is 0 Å². The molecule has 0 spiro atoms. The van der Waals surface area contributed by atoms with Crippen LogP contribution in [0.25, 0.3) is 0 Å². The summed E-state index contributed by atoms with van der Waals surface area (Å²) in [5.74, 6) is 3.98. The van der Waals surface area contributed by atoms with Crippen molar-refractivity contribution in [3.63, 3.8) is 0 Å². The lowest BCUT2D eigenvalue weighted by Gasteiger charge is -2.63. The molecule has 9 atom stereocenters. The Morgan fingerprint density at radius 3 is 2.42 bits per heavy atom. The third-order valence-electron chi connectivity index (χ3n) is 11.0. The molecule has 4 fully saturated rings. The highest BCUT2D eigenvalue weighted by atomic mass is 16.4. The highest BCUT2D eigenvalue weighted by Gasteiger charge is 2.67. The summed E-state index contributed by atoms with van der Waals surface area (Å²) in [5, 5.41) is 35.7. The molecule has 4 aliphatic rings. The lowest BCUT2D eigenvalue weighted by molar-refractivity contribution is -0.170. The van der Waals surface area contributed by atoms with Gasteiger partial charge in [-0.05, 0) is 85.9 Å². The van der Waals surface area contributed by atoms with Gasteiger partial charge in [0.1, 0.15) is 5.60 Å². The molecule has 178 valence electrons. The molecule has 0 saturated heterocycles. The Hall–Kier alpha value is -0.610. The van der Waals surface area contributed by atoms with Crippen LogP contribution in [0.1, 0.15) is 105 Å². The predicted molar refractivity (Wildman–Crippen MR) is 125 cm³/mol. The summed E-state index contributed by atoms with van der Waals surface area (Å²) in [6, 6.07) is 0. The molecule has 0 heterocycles. The molecule has 4 saturated carbocycles. The molecule has 31 heavy (non-hydrogen) atoms. The minimum Gasteiger partial charge on any atom is -0.411 e.